The second kappa shape index (κ2) is 9.34. The fourth-order valence-electron chi connectivity index (χ4n) is 4.04. The quantitative estimate of drug-likeness (QED) is 0.588. The summed E-state index contributed by atoms with van der Waals surface area (Å²) in [4.78, 5) is 34.2. The van der Waals surface area contributed by atoms with E-state index in [0.717, 1.165) is 5.70 Å². The molecule has 0 bridgehead atoms. The Morgan fingerprint density at radius 2 is 1.88 bits per heavy atom. The van der Waals surface area contributed by atoms with Crippen molar-refractivity contribution in [2.45, 2.75) is 19.8 Å². The highest BCUT2D eigenvalue weighted by Gasteiger charge is 2.32. The fourth-order valence-corrected chi connectivity index (χ4v) is 4.60. The van der Waals surface area contributed by atoms with Crippen molar-refractivity contribution in [1.82, 2.24) is 15.0 Å². The van der Waals surface area contributed by atoms with Crippen molar-refractivity contribution in [2.24, 2.45) is 0 Å². The molecule has 1 aromatic heterocycles. The first-order chi connectivity index (χ1) is 15.4. The SMILES string of the molecule is CO[N+](=O)C1=CC(Cl)=C(N2CCN(C(=O)c3c(-c4ccccc4Cl)noc3C)CC2)CC1. The van der Waals surface area contributed by atoms with Crippen LogP contribution >= 0.6 is 23.2 Å². The van der Waals surface area contributed by atoms with Crippen LogP contribution in [0.5, 0.6) is 0 Å². The van der Waals surface area contributed by atoms with E-state index < -0.39 is 0 Å². The highest BCUT2D eigenvalue weighted by atomic mass is 35.5. The maximum absolute atomic E-state index is 13.3. The smallest absolute Gasteiger partial charge is 0.295 e. The lowest BCUT2D eigenvalue weighted by molar-refractivity contribution is -0.762. The van der Waals surface area contributed by atoms with E-state index in [2.05, 4.69) is 10.1 Å². The molecular weight excluding hydrogens is 455 g/mol. The van der Waals surface area contributed by atoms with Gasteiger partial charge in [0.25, 0.3) is 16.5 Å². The molecule has 2 heterocycles. The summed E-state index contributed by atoms with van der Waals surface area (Å²) < 4.78 is 5.35. The number of aromatic nitrogens is 1. The van der Waals surface area contributed by atoms with E-state index in [1.807, 2.05) is 18.2 Å². The Morgan fingerprint density at radius 1 is 1.16 bits per heavy atom. The third kappa shape index (κ3) is 4.25. The highest BCUT2D eigenvalue weighted by Crippen LogP contribution is 2.33. The first-order valence-corrected chi connectivity index (χ1v) is 11.0. The van der Waals surface area contributed by atoms with Crippen LogP contribution in [0, 0.1) is 11.8 Å². The van der Waals surface area contributed by atoms with E-state index in [9.17, 15) is 9.70 Å². The van der Waals surface area contributed by atoms with Gasteiger partial charge in [0, 0.05) is 49.9 Å². The zero-order valence-electron chi connectivity index (χ0n) is 17.8. The van der Waals surface area contributed by atoms with E-state index in [1.54, 1.807) is 24.0 Å². The minimum absolute atomic E-state index is 0.133. The van der Waals surface area contributed by atoms with Gasteiger partial charge in [0.05, 0.1) is 15.0 Å². The van der Waals surface area contributed by atoms with Gasteiger partial charge in [-0.3, -0.25) is 4.79 Å². The summed E-state index contributed by atoms with van der Waals surface area (Å²) in [5.41, 5.74) is 3.02. The lowest BCUT2D eigenvalue weighted by Crippen LogP contribution is -2.48. The number of aryl methyl sites for hydroxylation is 1. The predicted octanol–water partition coefficient (Wildman–Crippen LogP) is 4.53. The predicted molar refractivity (Wildman–Crippen MR) is 120 cm³/mol. The Kier molecular flexibility index (Phi) is 6.53. The van der Waals surface area contributed by atoms with Crippen LogP contribution < -0.4 is 0 Å². The summed E-state index contributed by atoms with van der Waals surface area (Å²) in [5, 5.41) is 5.14. The van der Waals surface area contributed by atoms with Crippen LogP contribution in [0.1, 0.15) is 29.0 Å². The number of carbonyl (C=O) groups excluding carboxylic acids is 1. The maximum atomic E-state index is 13.3. The number of hydrogen-bond acceptors (Lipinski definition) is 6. The number of nitrogens with zero attached hydrogens (tertiary/aromatic N) is 4. The summed E-state index contributed by atoms with van der Waals surface area (Å²) in [6.07, 6.45) is 2.83. The second-order valence-corrected chi connectivity index (χ2v) is 8.41. The molecule has 1 aliphatic carbocycles. The average Bonchev–Trinajstić information content (AvgIpc) is 3.19. The van der Waals surface area contributed by atoms with E-state index in [1.165, 1.54) is 7.11 Å². The zero-order chi connectivity index (χ0) is 22.8. The summed E-state index contributed by atoms with van der Waals surface area (Å²) in [6.45, 7) is 4.06. The Labute approximate surface area is 195 Å². The van der Waals surface area contributed by atoms with Crippen molar-refractivity contribution in [3.63, 3.8) is 0 Å². The molecule has 0 unspecified atom stereocenters. The number of rotatable bonds is 5. The molecule has 2 aliphatic rings. The summed E-state index contributed by atoms with van der Waals surface area (Å²) in [6, 6.07) is 7.25. The van der Waals surface area contributed by atoms with E-state index in [0.29, 0.717) is 82.3 Å². The fraction of sp³-hybridized carbons (Fsp3) is 0.364. The number of benzene rings is 1. The van der Waals surface area contributed by atoms with Gasteiger partial charge < -0.3 is 14.3 Å². The van der Waals surface area contributed by atoms with Gasteiger partial charge in [0.2, 0.25) is 0 Å². The highest BCUT2D eigenvalue weighted by molar-refractivity contribution is 6.33. The molecule has 4 rings (SSSR count). The lowest BCUT2D eigenvalue weighted by atomic mass is 10.0. The maximum Gasteiger partial charge on any atom is 0.295 e. The van der Waals surface area contributed by atoms with Crippen LogP contribution in [0.2, 0.25) is 5.02 Å². The summed E-state index contributed by atoms with van der Waals surface area (Å²) in [5.74, 6) is 0.328. The molecule has 1 amide bonds. The minimum Gasteiger partial charge on any atom is -0.370 e. The summed E-state index contributed by atoms with van der Waals surface area (Å²) in [7, 11) is 1.33. The molecule has 1 aromatic carbocycles. The number of amides is 1. The second-order valence-electron chi connectivity index (χ2n) is 7.59. The van der Waals surface area contributed by atoms with Gasteiger partial charge in [-0.15, -0.1) is 0 Å². The minimum atomic E-state index is -0.133. The molecular formula is C22H23Cl2N4O4+. The van der Waals surface area contributed by atoms with E-state index in [-0.39, 0.29) is 5.91 Å². The van der Waals surface area contributed by atoms with Crippen LogP contribution in [-0.2, 0) is 4.84 Å². The molecule has 2 aromatic rings. The number of carbonyl (C=O) groups is 1. The van der Waals surface area contributed by atoms with Crippen molar-refractivity contribution in [1.29, 1.82) is 0 Å². The monoisotopic (exact) mass is 477 g/mol. The van der Waals surface area contributed by atoms with Gasteiger partial charge in [0.15, 0.2) is 7.11 Å². The van der Waals surface area contributed by atoms with Gasteiger partial charge in [0.1, 0.15) is 17.0 Å². The van der Waals surface area contributed by atoms with Crippen LogP contribution in [-0.4, -0.2) is 59.1 Å². The molecule has 0 spiro atoms. The van der Waals surface area contributed by atoms with Gasteiger partial charge in [-0.1, -0.05) is 46.6 Å². The van der Waals surface area contributed by atoms with Crippen molar-refractivity contribution in [3.8, 4) is 11.3 Å². The number of piperazine rings is 1. The Morgan fingerprint density at radius 3 is 2.53 bits per heavy atom. The Balaban J connectivity index is 1.49. The van der Waals surface area contributed by atoms with Crippen molar-refractivity contribution in [3.05, 3.63) is 68.0 Å². The molecule has 0 radical (unpaired) electrons. The molecule has 0 atom stereocenters. The van der Waals surface area contributed by atoms with Gasteiger partial charge in [-0.05, 0) is 19.4 Å². The van der Waals surface area contributed by atoms with Gasteiger partial charge >= 0.3 is 0 Å². The first-order valence-electron chi connectivity index (χ1n) is 10.3. The number of hydrogen-bond donors (Lipinski definition) is 0. The van der Waals surface area contributed by atoms with Crippen molar-refractivity contribution in [2.75, 3.05) is 33.3 Å². The number of allylic oxidation sites excluding steroid dienone is 4. The molecule has 10 heteroatoms. The van der Waals surface area contributed by atoms with E-state index in [4.69, 9.17) is 32.6 Å². The third-order valence-corrected chi connectivity index (χ3v) is 6.40. The van der Waals surface area contributed by atoms with Gasteiger partial charge in [-0.25, -0.2) is 4.84 Å². The molecule has 1 saturated heterocycles. The van der Waals surface area contributed by atoms with Crippen molar-refractivity contribution >= 4 is 29.1 Å². The molecule has 8 nitrogen and oxygen atoms in total. The molecule has 32 heavy (non-hydrogen) atoms. The first kappa shape index (κ1) is 22.4. The topological polar surface area (TPSA) is 78.9 Å². The van der Waals surface area contributed by atoms with Crippen LogP contribution in [0.4, 0.5) is 0 Å². The Bertz CT molecular complexity index is 1120. The number of halogens is 2. The third-order valence-electron chi connectivity index (χ3n) is 5.74. The molecule has 1 fully saturated rings. The van der Waals surface area contributed by atoms with E-state index >= 15 is 0 Å². The molecule has 0 N–H and O–H groups in total. The lowest BCUT2D eigenvalue weighted by Gasteiger charge is -2.38. The molecule has 0 saturated carbocycles. The van der Waals surface area contributed by atoms with Gasteiger partial charge in [-0.2, -0.15) is 0 Å². The standard InChI is InChI=1S/C22H23Cl2N4O4/c1-14-20(21(25-32-14)16-5-3-4-6-17(16)23)22(29)27-11-9-26(10-12-27)19-8-7-15(13-18(19)24)28(30)31-2/h3-6,13H,7-12H2,1-2H3/q+1. The normalized spacial score (nSPS) is 16.8. The Hall–Kier alpha value is -2.84. The van der Waals surface area contributed by atoms with Crippen LogP contribution in [0.25, 0.3) is 11.3 Å². The average molecular weight is 478 g/mol. The van der Waals surface area contributed by atoms with Crippen molar-refractivity contribution < 1.29 is 19.1 Å². The van der Waals surface area contributed by atoms with Crippen LogP contribution in [0.15, 0.2) is 51.3 Å². The van der Waals surface area contributed by atoms with Crippen LogP contribution in [0.3, 0.4) is 0 Å². The summed E-state index contributed by atoms with van der Waals surface area (Å²) >= 11 is 12.8. The zero-order valence-corrected chi connectivity index (χ0v) is 19.3. The largest absolute Gasteiger partial charge is 0.370 e. The molecule has 1 aliphatic heterocycles. The molecule has 168 valence electrons.